The number of carbonyl (C=O) groups is 3. The fourth-order valence-corrected chi connectivity index (χ4v) is 3.58. The zero-order chi connectivity index (χ0) is 27.3. The summed E-state index contributed by atoms with van der Waals surface area (Å²) in [4.78, 5) is 36.4. The molecule has 9 heteroatoms. The van der Waals surface area contributed by atoms with Gasteiger partial charge in [0.05, 0.1) is 12.8 Å². The van der Waals surface area contributed by atoms with Crippen LogP contribution in [-0.4, -0.2) is 43.7 Å². The van der Waals surface area contributed by atoms with E-state index in [0.717, 1.165) is 22.4 Å². The van der Waals surface area contributed by atoms with Gasteiger partial charge in [-0.1, -0.05) is 48.5 Å². The number of anilines is 1. The van der Waals surface area contributed by atoms with Crippen molar-refractivity contribution in [1.29, 1.82) is 0 Å². The molecule has 0 heterocycles. The number of hydrazone groups is 1. The van der Waals surface area contributed by atoms with E-state index in [1.807, 2.05) is 69.3 Å². The smallest absolute Gasteiger partial charge is 0.329 e. The van der Waals surface area contributed by atoms with Crippen molar-refractivity contribution in [3.8, 4) is 11.5 Å². The van der Waals surface area contributed by atoms with E-state index in [9.17, 15) is 14.4 Å². The Morgan fingerprint density at radius 2 is 1.61 bits per heavy atom. The first-order valence-electron chi connectivity index (χ1n) is 12.3. The highest BCUT2D eigenvalue weighted by Gasteiger charge is 2.13. The Morgan fingerprint density at radius 3 is 2.32 bits per heavy atom. The summed E-state index contributed by atoms with van der Waals surface area (Å²) in [7, 11) is 0. The SMILES string of the molecule is CCOc1cc(/C=N/NC(=O)C(=O)NCCc2ccccc2)ccc1OCC(=O)Nc1c(C)cccc1C. The number of para-hydroxylation sites is 1. The van der Waals surface area contributed by atoms with Crippen LogP contribution >= 0.6 is 0 Å². The molecule has 3 amide bonds. The Balaban J connectivity index is 1.51. The maximum atomic E-state index is 12.5. The maximum Gasteiger partial charge on any atom is 0.329 e. The number of hydrogen-bond acceptors (Lipinski definition) is 6. The van der Waals surface area contributed by atoms with Crippen LogP contribution in [0.2, 0.25) is 0 Å². The molecular weight excluding hydrogens is 484 g/mol. The van der Waals surface area contributed by atoms with Crippen LogP contribution in [-0.2, 0) is 20.8 Å². The van der Waals surface area contributed by atoms with Crippen molar-refractivity contribution in [2.45, 2.75) is 27.2 Å². The van der Waals surface area contributed by atoms with Crippen molar-refractivity contribution in [3.63, 3.8) is 0 Å². The topological polar surface area (TPSA) is 118 Å². The van der Waals surface area contributed by atoms with Gasteiger partial charge in [-0.3, -0.25) is 14.4 Å². The zero-order valence-electron chi connectivity index (χ0n) is 21.7. The minimum atomic E-state index is -0.866. The summed E-state index contributed by atoms with van der Waals surface area (Å²) in [6.07, 6.45) is 2.00. The monoisotopic (exact) mass is 516 g/mol. The minimum absolute atomic E-state index is 0.198. The fourth-order valence-electron chi connectivity index (χ4n) is 3.58. The molecule has 3 N–H and O–H groups in total. The van der Waals surface area contributed by atoms with Crippen LogP contribution in [0.1, 0.15) is 29.2 Å². The Kier molecular flexibility index (Phi) is 10.4. The van der Waals surface area contributed by atoms with E-state index in [0.29, 0.717) is 36.6 Å². The van der Waals surface area contributed by atoms with Gasteiger partial charge in [0.15, 0.2) is 18.1 Å². The molecule has 9 nitrogen and oxygen atoms in total. The highest BCUT2D eigenvalue weighted by Crippen LogP contribution is 2.28. The third-order valence-corrected chi connectivity index (χ3v) is 5.50. The first kappa shape index (κ1) is 27.9. The molecule has 0 radical (unpaired) electrons. The Bertz CT molecular complexity index is 1270. The molecule has 3 rings (SSSR count). The summed E-state index contributed by atoms with van der Waals surface area (Å²) in [5.74, 6) is -1.12. The first-order valence-corrected chi connectivity index (χ1v) is 12.3. The van der Waals surface area contributed by atoms with Gasteiger partial charge in [0.1, 0.15) is 0 Å². The van der Waals surface area contributed by atoms with Crippen molar-refractivity contribution in [2.75, 3.05) is 25.1 Å². The summed E-state index contributed by atoms with van der Waals surface area (Å²) in [5.41, 5.74) is 6.58. The highest BCUT2D eigenvalue weighted by atomic mass is 16.5. The molecule has 0 aromatic heterocycles. The number of nitrogens with zero attached hydrogens (tertiary/aromatic N) is 1. The molecule has 0 aliphatic carbocycles. The standard InChI is InChI=1S/C29H32N4O5/c1-4-37-25-17-23(18-31-33-29(36)28(35)30-16-15-22-11-6-5-7-12-22)13-14-24(25)38-19-26(34)32-27-20(2)9-8-10-21(27)3/h5-14,17-18H,4,15-16,19H2,1-3H3,(H,30,35)(H,32,34)(H,33,36)/b31-18+. The van der Waals surface area contributed by atoms with Gasteiger partial charge >= 0.3 is 11.8 Å². The van der Waals surface area contributed by atoms with Gasteiger partial charge in [-0.25, -0.2) is 5.43 Å². The van der Waals surface area contributed by atoms with Crippen LogP contribution in [0.25, 0.3) is 0 Å². The lowest BCUT2D eigenvalue weighted by Crippen LogP contribution is -2.38. The Morgan fingerprint density at radius 1 is 0.868 bits per heavy atom. The predicted molar refractivity (Wildman–Crippen MR) is 147 cm³/mol. The summed E-state index contributed by atoms with van der Waals surface area (Å²) >= 11 is 0. The van der Waals surface area contributed by atoms with Crippen molar-refractivity contribution in [1.82, 2.24) is 10.7 Å². The molecule has 198 valence electrons. The normalized spacial score (nSPS) is 10.6. The van der Waals surface area contributed by atoms with E-state index >= 15 is 0 Å². The third-order valence-electron chi connectivity index (χ3n) is 5.50. The number of benzene rings is 3. The molecule has 38 heavy (non-hydrogen) atoms. The average Bonchev–Trinajstić information content (AvgIpc) is 2.91. The summed E-state index contributed by atoms with van der Waals surface area (Å²) < 4.78 is 11.3. The molecule has 0 atom stereocenters. The molecule has 0 saturated heterocycles. The number of aryl methyl sites for hydroxylation is 2. The largest absolute Gasteiger partial charge is 0.490 e. The van der Waals surface area contributed by atoms with E-state index < -0.39 is 11.8 Å². The number of carbonyl (C=O) groups excluding carboxylic acids is 3. The van der Waals surface area contributed by atoms with Crippen LogP contribution in [0.4, 0.5) is 5.69 Å². The molecule has 0 aliphatic rings. The van der Waals surface area contributed by atoms with Gasteiger partial charge in [0.2, 0.25) is 0 Å². The highest BCUT2D eigenvalue weighted by molar-refractivity contribution is 6.35. The van der Waals surface area contributed by atoms with Gasteiger partial charge in [0.25, 0.3) is 5.91 Å². The van der Waals surface area contributed by atoms with Gasteiger partial charge in [-0.05, 0) is 67.6 Å². The van der Waals surface area contributed by atoms with Gasteiger partial charge in [0, 0.05) is 12.2 Å². The zero-order valence-corrected chi connectivity index (χ0v) is 21.7. The molecule has 3 aromatic carbocycles. The predicted octanol–water partition coefficient (Wildman–Crippen LogP) is 3.53. The summed E-state index contributed by atoms with van der Waals surface area (Å²) in [6, 6.07) is 20.4. The number of ether oxygens (including phenoxy) is 2. The molecule has 0 unspecified atom stereocenters. The second-order valence-corrected chi connectivity index (χ2v) is 8.43. The molecule has 0 spiro atoms. The molecule has 0 bridgehead atoms. The Hall–Kier alpha value is -4.66. The quantitative estimate of drug-likeness (QED) is 0.205. The summed E-state index contributed by atoms with van der Waals surface area (Å²) in [5, 5.41) is 9.30. The van der Waals surface area contributed by atoms with Crippen LogP contribution < -0.4 is 25.5 Å². The molecule has 0 aliphatic heterocycles. The molecule has 0 fully saturated rings. The third kappa shape index (κ3) is 8.48. The lowest BCUT2D eigenvalue weighted by atomic mass is 10.1. The maximum absolute atomic E-state index is 12.5. The van der Waals surface area contributed by atoms with Gasteiger partial charge in [-0.2, -0.15) is 5.10 Å². The van der Waals surface area contributed by atoms with Crippen molar-refractivity contribution < 1.29 is 23.9 Å². The van der Waals surface area contributed by atoms with Crippen LogP contribution in [0.5, 0.6) is 11.5 Å². The van der Waals surface area contributed by atoms with E-state index in [4.69, 9.17) is 9.47 Å². The van der Waals surface area contributed by atoms with Crippen molar-refractivity contribution in [2.24, 2.45) is 5.10 Å². The Labute approximate surface area is 222 Å². The first-order chi connectivity index (χ1) is 18.4. The lowest BCUT2D eigenvalue weighted by Gasteiger charge is -2.14. The average molecular weight is 517 g/mol. The van der Waals surface area contributed by atoms with E-state index in [1.165, 1.54) is 6.21 Å². The van der Waals surface area contributed by atoms with Crippen molar-refractivity contribution >= 4 is 29.6 Å². The van der Waals surface area contributed by atoms with Crippen molar-refractivity contribution in [3.05, 3.63) is 89.0 Å². The van der Waals surface area contributed by atoms with Crippen LogP contribution in [0.15, 0.2) is 71.8 Å². The van der Waals surface area contributed by atoms with Gasteiger partial charge < -0.3 is 20.1 Å². The summed E-state index contributed by atoms with van der Waals surface area (Å²) in [6.45, 7) is 6.20. The number of rotatable bonds is 11. The molecular formula is C29H32N4O5. The van der Waals surface area contributed by atoms with E-state index in [2.05, 4.69) is 21.2 Å². The second-order valence-electron chi connectivity index (χ2n) is 8.43. The van der Waals surface area contributed by atoms with E-state index in [-0.39, 0.29) is 12.5 Å². The minimum Gasteiger partial charge on any atom is -0.490 e. The second kappa shape index (κ2) is 14.2. The number of hydrogen-bond donors (Lipinski definition) is 3. The number of nitrogens with one attached hydrogen (secondary N) is 3. The molecule has 3 aromatic rings. The molecule has 0 saturated carbocycles. The van der Waals surface area contributed by atoms with E-state index in [1.54, 1.807) is 18.2 Å². The van der Waals surface area contributed by atoms with Crippen LogP contribution in [0, 0.1) is 13.8 Å². The van der Waals surface area contributed by atoms with Crippen LogP contribution in [0.3, 0.4) is 0 Å². The lowest BCUT2D eigenvalue weighted by molar-refractivity contribution is -0.139. The van der Waals surface area contributed by atoms with Gasteiger partial charge in [-0.15, -0.1) is 0 Å². The number of amides is 3. The fraction of sp³-hybridized carbons (Fsp3) is 0.241.